The van der Waals surface area contributed by atoms with Gasteiger partial charge in [0.2, 0.25) is 0 Å². The molecule has 160 valence electrons. The van der Waals surface area contributed by atoms with Gasteiger partial charge in [-0.1, -0.05) is 35.4 Å². The smallest absolute Gasteiger partial charge is 0.197 e. The van der Waals surface area contributed by atoms with Crippen LogP contribution in [0.3, 0.4) is 0 Å². The average molecular weight is 441 g/mol. The molecule has 0 atom stereocenters. The van der Waals surface area contributed by atoms with E-state index in [9.17, 15) is 9.59 Å². The molecule has 0 N–H and O–H groups in total. The van der Waals surface area contributed by atoms with Crippen LogP contribution in [0.1, 0.15) is 55.6 Å². The Balaban J connectivity index is 1.61. The van der Waals surface area contributed by atoms with Crippen LogP contribution in [0, 0.1) is 27.7 Å². The van der Waals surface area contributed by atoms with Crippen LogP contribution in [0.15, 0.2) is 42.0 Å². The van der Waals surface area contributed by atoms with Gasteiger partial charge in [-0.15, -0.1) is 11.3 Å². The minimum Gasteiger partial charge on any atom is -0.325 e. The molecule has 5 heteroatoms. The summed E-state index contributed by atoms with van der Waals surface area (Å²) in [5, 5.41) is 1.00. The van der Waals surface area contributed by atoms with Crippen LogP contribution in [0.2, 0.25) is 0 Å². The highest BCUT2D eigenvalue weighted by Gasteiger charge is 2.33. The highest BCUT2D eigenvalue weighted by Crippen LogP contribution is 2.37. The van der Waals surface area contributed by atoms with Gasteiger partial charge in [-0.05, 0) is 64.0 Å². The molecule has 4 aromatic rings. The van der Waals surface area contributed by atoms with Crippen molar-refractivity contribution >= 4 is 39.3 Å². The second-order valence-corrected chi connectivity index (χ2v) is 9.59. The second-order valence-electron chi connectivity index (χ2n) is 8.56. The maximum absolute atomic E-state index is 12.9. The van der Waals surface area contributed by atoms with Crippen molar-refractivity contribution in [2.75, 3.05) is 0 Å². The quantitative estimate of drug-likeness (QED) is 0.271. The summed E-state index contributed by atoms with van der Waals surface area (Å²) in [5.74, 6) is -0.391. The van der Waals surface area contributed by atoms with Crippen LogP contribution in [-0.4, -0.2) is 21.1 Å². The number of ketones is 2. The molecule has 32 heavy (non-hydrogen) atoms. The fourth-order valence-electron chi connectivity index (χ4n) is 4.74. The number of aromatic nitrogens is 2. The van der Waals surface area contributed by atoms with Crippen LogP contribution < -0.4 is 0 Å². The van der Waals surface area contributed by atoms with Gasteiger partial charge in [-0.2, -0.15) is 0 Å². The van der Waals surface area contributed by atoms with E-state index in [1.165, 1.54) is 22.3 Å². The molecule has 0 spiro atoms. The lowest BCUT2D eigenvalue weighted by Gasteiger charge is -2.08. The third-order valence-electron chi connectivity index (χ3n) is 6.13. The summed E-state index contributed by atoms with van der Waals surface area (Å²) in [6.07, 6.45) is 1.74. The zero-order valence-corrected chi connectivity index (χ0v) is 19.7. The van der Waals surface area contributed by atoms with Gasteiger partial charge >= 0.3 is 0 Å². The molecule has 0 saturated heterocycles. The van der Waals surface area contributed by atoms with Crippen molar-refractivity contribution in [3.63, 3.8) is 0 Å². The number of Topliss-reactive ketones (excluding diaryl/α,β-unsaturated/α-hetero) is 2. The fraction of sp³-hybridized carbons (Fsp3) is 0.222. The molecule has 2 aromatic heterocycles. The van der Waals surface area contributed by atoms with Gasteiger partial charge in [0, 0.05) is 28.9 Å². The zero-order chi connectivity index (χ0) is 22.7. The van der Waals surface area contributed by atoms with E-state index in [1.54, 1.807) is 29.5 Å². The molecule has 0 fully saturated rings. The molecular formula is C27H24N2O2S. The van der Waals surface area contributed by atoms with E-state index in [-0.39, 0.29) is 17.1 Å². The number of allylic oxidation sites excluding steroid dienone is 1. The Morgan fingerprint density at radius 3 is 2.28 bits per heavy atom. The number of carbonyl (C=O) groups is 2. The predicted octanol–water partition coefficient (Wildman–Crippen LogP) is 6.48. The van der Waals surface area contributed by atoms with Crippen LogP contribution >= 0.6 is 11.3 Å². The molecule has 1 aliphatic carbocycles. The Morgan fingerprint density at radius 1 is 0.906 bits per heavy atom. The maximum atomic E-state index is 12.9. The van der Waals surface area contributed by atoms with Crippen molar-refractivity contribution in [2.24, 2.45) is 0 Å². The van der Waals surface area contributed by atoms with E-state index >= 15 is 0 Å². The van der Waals surface area contributed by atoms with Crippen LogP contribution in [0.5, 0.6) is 0 Å². The zero-order valence-electron chi connectivity index (χ0n) is 18.9. The lowest BCUT2D eigenvalue weighted by atomic mass is 10.0. The molecule has 0 amide bonds. The summed E-state index contributed by atoms with van der Waals surface area (Å²) in [6, 6.07) is 11.8. The van der Waals surface area contributed by atoms with Crippen LogP contribution in [0.4, 0.5) is 0 Å². The molecule has 4 nitrogen and oxygen atoms in total. The number of hydrogen-bond donors (Lipinski definition) is 0. The molecule has 2 aromatic carbocycles. The third kappa shape index (κ3) is 3.07. The van der Waals surface area contributed by atoms with Crippen molar-refractivity contribution in [2.45, 2.75) is 41.2 Å². The first-order valence-corrected chi connectivity index (χ1v) is 11.6. The monoisotopic (exact) mass is 440 g/mol. The first-order chi connectivity index (χ1) is 15.3. The van der Waals surface area contributed by atoms with Crippen LogP contribution in [-0.2, 0) is 6.54 Å². The van der Waals surface area contributed by atoms with E-state index in [2.05, 4.69) is 44.4 Å². The third-order valence-corrected chi connectivity index (χ3v) is 7.14. The number of nitrogens with zero attached hydrogens (tertiary/aromatic N) is 2. The van der Waals surface area contributed by atoms with E-state index in [0.717, 1.165) is 26.6 Å². The first kappa shape index (κ1) is 20.6. The summed E-state index contributed by atoms with van der Waals surface area (Å²) in [4.78, 5) is 30.8. The number of thiazole rings is 1. The largest absolute Gasteiger partial charge is 0.325 e. The molecule has 0 bridgehead atoms. The standard InChI is InChI=1S/C27H24N2O2S/c1-6-29-18(12-21-24(30)19-8-7-14(2)11-20(19)25(21)31)13-22-26(29)28-27(32-22)23-16(4)9-15(3)10-17(23)5/h7-13H,6H2,1-5H3/b21-12-. The van der Waals surface area contributed by atoms with E-state index in [0.29, 0.717) is 17.7 Å². The number of carbonyl (C=O) groups excluding carboxylic acids is 2. The number of hydrogen-bond acceptors (Lipinski definition) is 4. The summed E-state index contributed by atoms with van der Waals surface area (Å²) in [5.41, 5.74) is 8.82. The number of benzene rings is 2. The number of rotatable bonds is 3. The van der Waals surface area contributed by atoms with Gasteiger partial charge in [0.25, 0.3) is 0 Å². The van der Waals surface area contributed by atoms with Gasteiger partial charge in [0.1, 0.15) is 5.01 Å². The second kappa shape index (κ2) is 7.38. The molecular weight excluding hydrogens is 416 g/mol. The van der Waals surface area contributed by atoms with Gasteiger partial charge in [-0.3, -0.25) is 9.59 Å². The summed E-state index contributed by atoms with van der Waals surface area (Å²) in [7, 11) is 0. The Morgan fingerprint density at radius 2 is 1.59 bits per heavy atom. The molecule has 1 aliphatic rings. The van der Waals surface area contributed by atoms with Gasteiger partial charge < -0.3 is 4.57 Å². The highest BCUT2D eigenvalue weighted by molar-refractivity contribution is 7.21. The topological polar surface area (TPSA) is 52.0 Å². The van der Waals surface area contributed by atoms with Crippen molar-refractivity contribution in [3.05, 3.63) is 81.0 Å². The SMILES string of the molecule is CCn1c(/C=C2/C(=O)c3ccc(C)cc3C2=O)cc2sc(-c3c(C)cc(C)cc3C)nc21. The Labute approximate surface area is 191 Å². The minimum absolute atomic E-state index is 0.194. The van der Waals surface area contributed by atoms with Crippen molar-refractivity contribution in [3.8, 4) is 10.6 Å². The first-order valence-electron chi connectivity index (χ1n) is 10.8. The van der Waals surface area contributed by atoms with Crippen molar-refractivity contribution < 1.29 is 9.59 Å². The molecule has 0 aliphatic heterocycles. The Kier molecular flexibility index (Phi) is 4.75. The Hall–Kier alpha value is -3.31. The lowest BCUT2D eigenvalue weighted by Crippen LogP contribution is -2.03. The van der Waals surface area contributed by atoms with Gasteiger partial charge in [0.15, 0.2) is 17.2 Å². The molecule has 0 unspecified atom stereocenters. The summed E-state index contributed by atoms with van der Waals surface area (Å²) < 4.78 is 3.13. The van der Waals surface area contributed by atoms with Gasteiger partial charge in [0.05, 0.1) is 10.3 Å². The summed E-state index contributed by atoms with van der Waals surface area (Å²) in [6.45, 7) is 11.0. The van der Waals surface area contributed by atoms with Crippen LogP contribution in [0.25, 0.3) is 27.0 Å². The van der Waals surface area contributed by atoms with Crippen molar-refractivity contribution in [1.29, 1.82) is 0 Å². The number of aryl methyl sites for hydroxylation is 5. The van der Waals surface area contributed by atoms with Gasteiger partial charge in [-0.25, -0.2) is 4.98 Å². The highest BCUT2D eigenvalue weighted by atomic mass is 32.1. The average Bonchev–Trinajstić information content (AvgIpc) is 3.33. The minimum atomic E-state index is -0.197. The summed E-state index contributed by atoms with van der Waals surface area (Å²) >= 11 is 1.65. The van der Waals surface area contributed by atoms with E-state index < -0.39 is 0 Å². The van der Waals surface area contributed by atoms with Crippen molar-refractivity contribution in [1.82, 2.24) is 9.55 Å². The molecule has 0 radical (unpaired) electrons. The predicted molar refractivity (Wildman–Crippen MR) is 131 cm³/mol. The van der Waals surface area contributed by atoms with E-state index in [4.69, 9.17) is 4.98 Å². The normalized spacial score (nSPS) is 14.7. The number of fused-ring (bicyclic) bond motifs is 2. The van der Waals surface area contributed by atoms with E-state index in [1.807, 2.05) is 19.1 Å². The lowest BCUT2D eigenvalue weighted by molar-refractivity contribution is 0.0990. The fourth-order valence-corrected chi connectivity index (χ4v) is 5.93. The maximum Gasteiger partial charge on any atom is 0.197 e. The molecule has 5 rings (SSSR count). The molecule has 0 saturated carbocycles. The molecule has 2 heterocycles. The Bertz CT molecular complexity index is 1460.